The van der Waals surface area contributed by atoms with Gasteiger partial charge in [0.15, 0.2) is 5.76 Å². The highest BCUT2D eigenvalue weighted by atomic mass is 16.5. The first kappa shape index (κ1) is 18.5. The molecule has 0 saturated carbocycles. The van der Waals surface area contributed by atoms with Gasteiger partial charge in [0.25, 0.3) is 5.91 Å². The molecule has 0 radical (unpaired) electrons. The Hall–Kier alpha value is -3.86. The average Bonchev–Trinajstić information content (AvgIpc) is 3.26. The van der Waals surface area contributed by atoms with Gasteiger partial charge in [-0.2, -0.15) is 0 Å². The molecule has 0 spiro atoms. The lowest BCUT2D eigenvalue weighted by Crippen LogP contribution is -2.14. The lowest BCUT2D eigenvalue weighted by Gasteiger charge is -2.12. The Morgan fingerprint density at radius 1 is 0.966 bits per heavy atom. The van der Waals surface area contributed by atoms with Crippen LogP contribution in [0.25, 0.3) is 22.8 Å². The van der Waals surface area contributed by atoms with Gasteiger partial charge in [-0.25, -0.2) is 4.98 Å². The van der Waals surface area contributed by atoms with Gasteiger partial charge in [-0.3, -0.25) is 4.79 Å². The summed E-state index contributed by atoms with van der Waals surface area (Å²) in [4.78, 5) is 17.4. The minimum Gasteiger partial charge on any atom is -0.492 e. The van der Waals surface area contributed by atoms with Gasteiger partial charge in [0.05, 0.1) is 24.1 Å². The van der Waals surface area contributed by atoms with Crippen LogP contribution < -0.4 is 10.1 Å². The van der Waals surface area contributed by atoms with Gasteiger partial charge in [-0.15, -0.1) is 0 Å². The van der Waals surface area contributed by atoms with Crippen molar-refractivity contribution in [3.05, 3.63) is 90.6 Å². The number of ether oxygens (including phenoxy) is 1. The average molecular weight is 384 g/mol. The molecule has 0 aliphatic heterocycles. The molecule has 4 rings (SSSR count). The van der Waals surface area contributed by atoms with Crippen LogP contribution in [0, 0.1) is 0 Å². The zero-order chi connectivity index (χ0) is 20.1. The number of benzene rings is 3. The Kier molecular flexibility index (Phi) is 5.38. The number of anilines is 1. The van der Waals surface area contributed by atoms with Gasteiger partial charge in [-0.1, -0.05) is 54.6 Å². The van der Waals surface area contributed by atoms with Crippen molar-refractivity contribution in [1.29, 1.82) is 0 Å². The van der Waals surface area contributed by atoms with Crippen molar-refractivity contribution in [2.24, 2.45) is 0 Å². The lowest BCUT2D eigenvalue weighted by molar-refractivity contribution is 0.102. The van der Waals surface area contributed by atoms with Gasteiger partial charge in [0.2, 0.25) is 5.89 Å². The van der Waals surface area contributed by atoms with Crippen LogP contribution >= 0.6 is 0 Å². The summed E-state index contributed by atoms with van der Waals surface area (Å²) in [6, 6.07) is 24.3. The van der Waals surface area contributed by atoms with Crippen LogP contribution in [-0.4, -0.2) is 17.5 Å². The normalized spacial score (nSPS) is 10.5. The smallest absolute Gasteiger partial charge is 0.256 e. The second-order valence-electron chi connectivity index (χ2n) is 6.32. The molecule has 0 bridgehead atoms. The van der Waals surface area contributed by atoms with Crippen molar-refractivity contribution in [3.8, 4) is 28.5 Å². The summed E-state index contributed by atoms with van der Waals surface area (Å²) in [6.07, 6.45) is 1.67. The van der Waals surface area contributed by atoms with E-state index in [1.807, 2.05) is 79.7 Å². The number of hydrogen-bond acceptors (Lipinski definition) is 4. The van der Waals surface area contributed by atoms with E-state index in [1.54, 1.807) is 12.3 Å². The molecule has 1 heterocycles. The van der Waals surface area contributed by atoms with E-state index in [0.717, 1.165) is 5.56 Å². The van der Waals surface area contributed by atoms with E-state index in [1.165, 1.54) is 0 Å². The zero-order valence-electron chi connectivity index (χ0n) is 16.0. The molecule has 0 atom stereocenters. The summed E-state index contributed by atoms with van der Waals surface area (Å²) in [6.45, 7) is 2.42. The van der Waals surface area contributed by atoms with Crippen molar-refractivity contribution in [1.82, 2.24) is 4.98 Å². The van der Waals surface area contributed by atoms with Gasteiger partial charge in [0, 0.05) is 11.1 Å². The van der Waals surface area contributed by atoms with Gasteiger partial charge in [-0.05, 0) is 31.2 Å². The maximum absolute atomic E-state index is 13.0. The third-order valence-electron chi connectivity index (χ3n) is 4.40. The highest BCUT2D eigenvalue weighted by molar-refractivity contribution is 6.08. The molecule has 144 valence electrons. The van der Waals surface area contributed by atoms with Crippen molar-refractivity contribution >= 4 is 11.6 Å². The summed E-state index contributed by atoms with van der Waals surface area (Å²) >= 11 is 0. The van der Waals surface area contributed by atoms with E-state index in [4.69, 9.17) is 9.15 Å². The second kappa shape index (κ2) is 8.44. The van der Waals surface area contributed by atoms with Crippen LogP contribution in [0.4, 0.5) is 5.69 Å². The number of amides is 1. The molecule has 1 aromatic heterocycles. The van der Waals surface area contributed by atoms with Gasteiger partial charge >= 0.3 is 0 Å². The van der Waals surface area contributed by atoms with Crippen molar-refractivity contribution in [2.45, 2.75) is 6.92 Å². The molecule has 0 fully saturated rings. The van der Waals surface area contributed by atoms with Gasteiger partial charge < -0.3 is 14.5 Å². The van der Waals surface area contributed by atoms with E-state index in [-0.39, 0.29) is 5.91 Å². The summed E-state index contributed by atoms with van der Waals surface area (Å²) in [5, 5.41) is 2.93. The molecule has 5 nitrogen and oxygen atoms in total. The third kappa shape index (κ3) is 4.04. The number of nitrogens with one attached hydrogen (secondary N) is 1. The van der Waals surface area contributed by atoms with Crippen molar-refractivity contribution in [2.75, 3.05) is 11.9 Å². The number of aromatic nitrogens is 1. The van der Waals surface area contributed by atoms with E-state index in [2.05, 4.69) is 10.3 Å². The molecular formula is C24H20N2O3. The number of hydrogen-bond donors (Lipinski definition) is 1. The minimum absolute atomic E-state index is 0.257. The lowest BCUT2D eigenvalue weighted by atomic mass is 10.1. The number of carbonyl (C=O) groups is 1. The highest BCUT2D eigenvalue weighted by Crippen LogP contribution is 2.30. The second-order valence-corrected chi connectivity index (χ2v) is 6.32. The molecule has 29 heavy (non-hydrogen) atoms. The predicted octanol–water partition coefficient (Wildman–Crippen LogP) is 5.66. The van der Waals surface area contributed by atoms with Crippen LogP contribution in [-0.2, 0) is 0 Å². The Labute approximate surface area is 169 Å². The highest BCUT2D eigenvalue weighted by Gasteiger charge is 2.18. The number of rotatable bonds is 6. The van der Waals surface area contributed by atoms with Crippen LogP contribution in [0.2, 0.25) is 0 Å². The predicted molar refractivity (Wildman–Crippen MR) is 113 cm³/mol. The molecule has 0 aliphatic rings. The van der Waals surface area contributed by atoms with E-state index < -0.39 is 0 Å². The SMILES string of the molecule is CCOc1ccccc1NC(=O)c1ccccc1-c1ncc(-c2ccccc2)o1. The van der Waals surface area contributed by atoms with Crippen LogP contribution in [0.1, 0.15) is 17.3 Å². The standard InChI is InChI=1S/C24H20N2O3/c1-2-28-21-15-9-8-14-20(21)26-23(27)18-12-6-7-13-19(18)24-25-16-22(29-24)17-10-4-3-5-11-17/h3-16H,2H2,1H3,(H,26,27). The fourth-order valence-corrected chi connectivity index (χ4v) is 3.04. The molecule has 1 amide bonds. The Balaban J connectivity index is 1.64. The van der Waals surface area contributed by atoms with Crippen LogP contribution in [0.3, 0.4) is 0 Å². The molecule has 3 aromatic carbocycles. The maximum Gasteiger partial charge on any atom is 0.256 e. The molecule has 5 heteroatoms. The van der Waals surface area contributed by atoms with Crippen LogP contribution in [0.15, 0.2) is 89.5 Å². The van der Waals surface area contributed by atoms with E-state index in [9.17, 15) is 4.79 Å². The number of nitrogens with zero attached hydrogens (tertiary/aromatic N) is 1. The largest absolute Gasteiger partial charge is 0.492 e. The molecular weight excluding hydrogens is 364 g/mol. The Bertz CT molecular complexity index is 1120. The first-order valence-corrected chi connectivity index (χ1v) is 9.40. The van der Waals surface area contributed by atoms with E-state index in [0.29, 0.717) is 40.8 Å². The Morgan fingerprint density at radius 3 is 2.52 bits per heavy atom. The number of para-hydroxylation sites is 2. The monoisotopic (exact) mass is 384 g/mol. The van der Waals surface area contributed by atoms with Crippen molar-refractivity contribution in [3.63, 3.8) is 0 Å². The summed E-state index contributed by atoms with van der Waals surface area (Å²) in [7, 11) is 0. The van der Waals surface area contributed by atoms with E-state index >= 15 is 0 Å². The summed E-state index contributed by atoms with van der Waals surface area (Å²) in [5.74, 6) is 1.42. The zero-order valence-corrected chi connectivity index (χ0v) is 16.0. The number of oxazole rings is 1. The fourth-order valence-electron chi connectivity index (χ4n) is 3.04. The van der Waals surface area contributed by atoms with Crippen LogP contribution in [0.5, 0.6) is 5.75 Å². The molecule has 0 saturated heterocycles. The molecule has 0 aliphatic carbocycles. The quantitative estimate of drug-likeness (QED) is 0.466. The molecule has 1 N–H and O–H groups in total. The summed E-state index contributed by atoms with van der Waals surface area (Å²) in [5.41, 5.74) is 2.65. The first-order chi connectivity index (χ1) is 14.3. The van der Waals surface area contributed by atoms with Crippen molar-refractivity contribution < 1.29 is 13.9 Å². The first-order valence-electron chi connectivity index (χ1n) is 9.40. The topological polar surface area (TPSA) is 64.4 Å². The Morgan fingerprint density at radius 2 is 1.69 bits per heavy atom. The van der Waals surface area contributed by atoms with Gasteiger partial charge in [0.1, 0.15) is 5.75 Å². The fraction of sp³-hybridized carbons (Fsp3) is 0.0833. The third-order valence-corrected chi connectivity index (χ3v) is 4.40. The minimum atomic E-state index is -0.257. The maximum atomic E-state index is 13.0. The molecule has 4 aromatic rings. The number of carbonyl (C=O) groups excluding carboxylic acids is 1. The molecule has 0 unspecified atom stereocenters. The summed E-state index contributed by atoms with van der Waals surface area (Å²) < 4.78 is 11.5.